The fraction of sp³-hybridized carbons (Fsp3) is 0.136. The van der Waals surface area contributed by atoms with Crippen molar-refractivity contribution >= 4 is 23.5 Å². The zero-order chi connectivity index (χ0) is 18.9. The third-order valence-electron chi connectivity index (χ3n) is 3.76. The summed E-state index contributed by atoms with van der Waals surface area (Å²) in [7, 11) is 0. The molecule has 3 aromatic carbocycles. The van der Waals surface area contributed by atoms with Gasteiger partial charge in [0.1, 0.15) is 6.61 Å². The number of ether oxygens (including phenoxy) is 2. The molecule has 3 rings (SSSR count). The van der Waals surface area contributed by atoms with Crippen LogP contribution in [0.25, 0.3) is 0 Å². The molecule has 3 aromatic rings. The lowest BCUT2D eigenvalue weighted by Gasteiger charge is -2.12. The minimum absolute atomic E-state index is 0.445. The van der Waals surface area contributed by atoms with E-state index in [1.54, 1.807) is 6.21 Å². The molecule has 5 heteroatoms. The molecule has 0 saturated heterocycles. The lowest BCUT2D eigenvalue weighted by Crippen LogP contribution is -2.00. The van der Waals surface area contributed by atoms with Gasteiger partial charge in [-0.05, 0) is 60.5 Å². The van der Waals surface area contributed by atoms with E-state index in [-0.39, 0.29) is 0 Å². The number of hydrazone groups is 1. The molecule has 27 heavy (non-hydrogen) atoms. The lowest BCUT2D eigenvalue weighted by atomic mass is 10.2. The van der Waals surface area contributed by atoms with Crippen LogP contribution in [0.5, 0.6) is 11.5 Å². The van der Waals surface area contributed by atoms with Crippen LogP contribution in [-0.4, -0.2) is 12.8 Å². The molecule has 0 bridgehead atoms. The van der Waals surface area contributed by atoms with Gasteiger partial charge in [-0.3, -0.25) is 5.43 Å². The van der Waals surface area contributed by atoms with Crippen molar-refractivity contribution in [2.24, 2.45) is 5.10 Å². The molecular formula is C22H21ClN2O2. The van der Waals surface area contributed by atoms with E-state index in [2.05, 4.69) is 10.5 Å². The second-order valence-corrected chi connectivity index (χ2v) is 6.23. The number of nitrogens with zero attached hydrogens (tertiary/aromatic N) is 1. The highest BCUT2D eigenvalue weighted by Gasteiger charge is 2.06. The summed E-state index contributed by atoms with van der Waals surface area (Å²) in [6, 6.07) is 23.1. The SMILES string of the molecule is CCOc1cc(/C=N/Nc2ccccc2)ccc1OCc1ccc(Cl)cc1. The molecule has 0 heterocycles. The molecule has 0 fully saturated rings. The van der Waals surface area contributed by atoms with Crippen LogP contribution in [0, 0.1) is 0 Å². The van der Waals surface area contributed by atoms with Crippen LogP contribution in [0.15, 0.2) is 77.9 Å². The van der Waals surface area contributed by atoms with E-state index in [0.29, 0.717) is 29.7 Å². The van der Waals surface area contributed by atoms with Gasteiger partial charge in [-0.1, -0.05) is 41.9 Å². The van der Waals surface area contributed by atoms with Gasteiger partial charge in [0.05, 0.1) is 18.5 Å². The Bertz CT molecular complexity index is 881. The van der Waals surface area contributed by atoms with E-state index in [4.69, 9.17) is 21.1 Å². The minimum Gasteiger partial charge on any atom is -0.490 e. The Balaban J connectivity index is 1.67. The highest BCUT2D eigenvalue weighted by Crippen LogP contribution is 2.29. The molecule has 0 amide bonds. The standard InChI is InChI=1S/C22H21ClN2O2/c1-2-26-22-14-18(15-24-25-20-6-4-3-5-7-20)10-13-21(22)27-16-17-8-11-19(23)12-9-17/h3-15,25H,2,16H2,1H3/b24-15+. The molecule has 4 nitrogen and oxygen atoms in total. The number of benzene rings is 3. The Kier molecular flexibility index (Phi) is 6.72. The lowest BCUT2D eigenvalue weighted by molar-refractivity contribution is 0.269. The van der Waals surface area contributed by atoms with Crippen molar-refractivity contribution in [3.8, 4) is 11.5 Å². The molecule has 0 radical (unpaired) electrons. The van der Waals surface area contributed by atoms with Gasteiger partial charge in [-0.2, -0.15) is 5.10 Å². The summed E-state index contributed by atoms with van der Waals surface area (Å²) in [5.41, 5.74) is 5.89. The monoisotopic (exact) mass is 380 g/mol. The smallest absolute Gasteiger partial charge is 0.161 e. The summed E-state index contributed by atoms with van der Waals surface area (Å²) in [6.45, 7) is 2.95. The summed E-state index contributed by atoms with van der Waals surface area (Å²) < 4.78 is 11.6. The van der Waals surface area contributed by atoms with Crippen molar-refractivity contribution in [2.45, 2.75) is 13.5 Å². The fourth-order valence-electron chi connectivity index (χ4n) is 2.43. The van der Waals surface area contributed by atoms with Crippen LogP contribution in [0.3, 0.4) is 0 Å². The number of rotatable bonds is 8. The van der Waals surface area contributed by atoms with Crippen LogP contribution in [0.1, 0.15) is 18.1 Å². The average molecular weight is 381 g/mol. The van der Waals surface area contributed by atoms with Gasteiger partial charge in [0.15, 0.2) is 11.5 Å². The largest absolute Gasteiger partial charge is 0.490 e. The second-order valence-electron chi connectivity index (χ2n) is 5.79. The molecule has 0 unspecified atom stereocenters. The summed E-state index contributed by atoms with van der Waals surface area (Å²) >= 11 is 5.92. The minimum atomic E-state index is 0.445. The van der Waals surface area contributed by atoms with Gasteiger partial charge < -0.3 is 9.47 Å². The topological polar surface area (TPSA) is 42.8 Å². The Labute approximate surface area is 164 Å². The Morgan fingerprint density at radius 3 is 2.44 bits per heavy atom. The van der Waals surface area contributed by atoms with Crippen molar-refractivity contribution in [1.29, 1.82) is 0 Å². The third kappa shape index (κ3) is 5.76. The van der Waals surface area contributed by atoms with Gasteiger partial charge in [-0.25, -0.2) is 0 Å². The number of hydrogen-bond donors (Lipinski definition) is 1. The molecule has 0 aliphatic carbocycles. The zero-order valence-electron chi connectivity index (χ0n) is 15.1. The number of para-hydroxylation sites is 1. The van der Waals surface area contributed by atoms with Crippen LogP contribution in [-0.2, 0) is 6.61 Å². The first kappa shape index (κ1) is 18.8. The second kappa shape index (κ2) is 9.64. The van der Waals surface area contributed by atoms with Crippen molar-refractivity contribution < 1.29 is 9.47 Å². The number of nitrogens with one attached hydrogen (secondary N) is 1. The van der Waals surface area contributed by atoms with E-state index in [1.807, 2.05) is 79.7 Å². The fourth-order valence-corrected chi connectivity index (χ4v) is 2.55. The number of anilines is 1. The Hall–Kier alpha value is -2.98. The van der Waals surface area contributed by atoms with Crippen molar-refractivity contribution in [3.63, 3.8) is 0 Å². The predicted molar refractivity (Wildman–Crippen MR) is 111 cm³/mol. The van der Waals surface area contributed by atoms with Crippen LogP contribution >= 0.6 is 11.6 Å². The average Bonchev–Trinajstić information content (AvgIpc) is 2.70. The van der Waals surface area contributed by atoms with Crippen molar-refractivity contribution in [2.75, 3.05) is 12.0 Å². The molecule has 1 N–H and O–H groups in total. The molecule has 0 aliphatic rings. The summed E-state index contributed by atoms with van der Waals surface area (Å²) in [5.74, 6) is 1.38. The zero-order valence-corrected chi connectivity index (χ0v) is 15.8. The summed E-state index contributed by atoms with van der Waals surface area (Å²) in [5, 5.41) is 4.97. The molecule has 138 valence electrons. The highest BCUT2D eigenvalue weighted by molar-refractivity contribution is 6.30. The van der Waals surface area contributed by atoms with Crippen molar-refractivity contribution in [1.82, 2.24) is 0 Å². The van der Waals surface area contributed by atoms with Gasteiger partial charge >= 0.3 is 0 Å². The van der Waals surface area contributed by atoms with Crippen LogP contribution < -0.4 is 14.9 Å². The Morgan fingerprint density at radius 2 is 1.70 bits per heavy atom. The third-order valence-corrected chi connectivity index (χ3v) is 4.01. The maximum absolute atomic E-state index is 5.92. The molecule has 0 spiro atoms. The summed E-state index contributed by atoms with van der Waals surface area (Å²) in [6.07, 6.45) is 1.75. The van der Waals surface area contributed by atoms with Gasteiger partial charge in [0.25, 0.3) is 0 Å². The molecular weight excluding hydrogens is 360 g/mol. The molecule has 0 aromatic heterocycles. The number of hydrogen-bond acceptors (Lipinski definition) is 4. The molecule has 0 atom stereocenters. The number of halogens is 1. The quantitative estimate of drug-likeness (QED) is 0.399. The van der Waals surface area contributed by atoms with Gasteiger partial charge in [-0.15, -0.1) is 0 Å². The van der Waals surface area contributed by atoms with E-state index < -0.39 is 0 Å². The van der Waals surface area contributed by atoms with E-state index in [9.17, 15) is 0 Å². The predicted octanol–water partition coefficient (Wildman–Crippen LogP) is 5.76. The maximum Gasteiger partial charge on any atom is 0.161 e. The first-order valence-corrected chi connectivity index (χ1v) is 9.10. The van der Waals surface area contributed by atoms with Crippen molar-refractivity contribution in [3.05, 3.63) is 88.9 Å². The Morgan fingerprint density at radius 1 is 0.926 bits per heavy atom. The van der Waals surface area contributed by atoms with E-state index in [0.717, 1.165) is 16.8 Å². The van der Waals surface area contributed by atoms with Crippen LogP contribution in [0.4, 0.5) is 5.69 Å². The highest BCUT2D eigenvalue weighted by atomic mass is 35.5. The first-order valence-electron chi connectivity index (χ1n) is 8.73. The van der Waals surface area contributed by atoms with Gasteiger partial charge in [0.2, 0.25) is 0 Å². The van der Waals surface area contributed by atoms with E-state index >= 15 is 0 Å². The summed E-state index contributed by atoms with van der Waals surface area (Å²) in [4.78, 5) is 0. The maximum atomic E-state index is 5.92. The van der Waals surface area contributed by atoms with E-state index in [1.165, 1.54) is 0 Å². The first-order chi connectivity index (χ1) is 13.2. The molecule has 0 aliphatic heterocycles. The van der Waals surface area contributed by atoms with Crippen LogP contribution in [0.2, 0.25) is 5.02 Å². The molecule has 0 saturated carbocycles. The van der Waals surface area contributed by atoms with Gasteiger partial charge in [0, 0.05) is 5.02 Å². The normalized spacial score (nSPS) is 10.7.